The van der Waals surface area contributed by atoms with Gasteiger partial charge in [-0.3, -0.25) is 4.79 Å². The van der Waals surface area contributed by atoms with Crippen LogP contribution in [-0.4, -0.2) is 94.3 Å². The number of ether oxygens (including phenoxy) is 5. The smallest absolute Gasteiger partial charge is 0.237 e. The van der Waals surface area contributed by atoms with Crippen molar-refractivity contribution in [1.29, 1.82) is 0 Å². The molecule has 0 fully saturated rings. The second kappa shape index (κ2) is 26.2. The number of aromatic nitrogens is 5. The van der Waals surface area contributed by atoms with E-state index in [2.05, 4.69) is 16.4 Å². The molecule has 0 saturated carbocycles. The molecule has 0 aliphatic heterocycles. The van der Waals surface area contributed by atoms with E-state index in [1.807, 2.05) is 186 Å². The van der Waals surface area contributed by atoms with Gasteiger partial charge in [-0.2, -0.15) is 0 Å². The van der Waals surface area contributed by atoms with Crippen molar-refractivity contribution >= 4 is 79.8 Å². The van der Waals surface area contributed by atoms with Gasteiger partial charge < -0.3 is 38.7 Å². The molecule has 408 valence electrons. The molecule has 2 atom stereocenters. The zero-order chi connectivity index (χ0) is 55.4. The number of rotatable bonds is 25. The Labute approximate surface area is 479 Å². The highest BCUT2D eigenvalue weighted by Crippen LogP contribution is 2.43. The summed E-state index contributed by atoms with van der Waals surface area (Å²) in [4.78, 5) is 35.1. The number of anilines is 1. The number of fused-ring (bicyclic) bond motifs is 3. The maximum absolute atomic E-state index is 14.5. The minimum atomic E-state index is -1.16. The largest absolute Gasteiger partial charge is 0.497 e. The maximum Gasteiger partial charge on any atom is 0.237 e. The zero-order valence-corrected chi connectivity index (χ0v) is 47.2. The quantitative estimate of drug-likeness (QED) is 0.0242. The Balaban J connectivity index is 0.920. The van der Waals surface area contributed by atoms with Gasteiger partial charge >= 0.3 is 0 Å². The summed E-state index contributed by atoms with van der Waals surface area (Å²) in [7, 11) is 6.50. The van der Waals surface area contributed by atoms with Crippen molar-refractivity contribution in [2.24, 2.45) is 0 Å². The summed E-state index contributed by atoms with van der Waals surface area (Å²) in [6.07, 6.45) is 2.27. The lowest BCUT2D eigenvalue weighted by Gasteiger charge is -2.37. The van der Waals surface area contributed by atoms with Crippen LogP contribution in [0.5, 0.6) is 17.2 Å². The lowest BCUT2D eigenvalue weighted by molar-refractivity contribution is -0.116. The molecule has 80 heavy (non-hydrogen) atoms. The van der Waals surface area contributed by atoms with Crippen LogP contribution in [0.25, 0.3) is 33.0 Å². The number of methoxy groups -OCH3 is 4. The summed E-state index contributed by atoms with van der Waals surface area (Å²) < 4.78 is 31.9. The first kappa shape index (κ1) is 55.8. The van der Waals surface area contributed by atoms with E-state index in [4.69, 9.17) is 50.2 Å². The van der Waals surface area contributed by atoms with Crippen molar-refractivity contribution in [2.75, 3.05) is 51.9 Å². The van der Waals surface area contributed by atoms with Crippen LogP contribution >= 0.6 is 35.1 Å². The summed E-state index contributed by atoms with van der Waals surface area (Å²) in [5, 5.41) is 19.0. The number of amides is 1. The van der Waals surface area contributed by atoms with Crippen LogP contribution in [0.15, 0.2) is 192 Å². The predicted molar refractivity (Wildman–Crippen MR) is 320 cm³/mol. The van der Waals surface area contributed by atoms with Gasteiger partial charge in [0.25, 0.3) is 0 Å². The highest BCUT2D eigenvalue weighted by atomic mass is 35.5. The zero-order valence-electron chi connectivity index (χ0n) is 44.8. The normalized spacial score (nSPS) is 12.5. The van der Waals surface area contributed by atoms with Gasteiger partial charge in [-0.25, -0.2) is 19.9 Å². The first-order valence-electron chi connectivity index (χ1n) is 26.3. The van der Waals surface area contributed by atoms with E-state index in [0.717, 1.165) is 86.1 Å². The number of imidazole rings is 1. The third-order valence-corrected chi connectivity index (χ3v) is 16.7. The van der Waals surface area contributed by atoms with E-state index in [0.29, 0.717) is 32.8 Å². The molecular weight excluding hydrogens is 1060 g/mol. The van der Waals surface area contributed by atoms with Crippen LogP contribution in [0.3, 0.4) is 0 Å². The summed E-state index contributed by atoms with van der Waals surface area (Å²) >= 11 is 9.82. The summed E-state index contributed by atoms with van der Waals surface area (Å²) in [5.41, 5.74) is 5.62. The molecule has 3 heterocycles. The second-order valence-electron chi connectivity index (χ2n) is 19.0. The molecule has 0 saturated heterocycles. The van der Waals surface area contributed by atoms with Crippen molar-refractivity contribution < 1.29 is 33.6 Å². The molecule has 10 rings (SSSR count). The molecule has 0 aliphatic rings. The fourth-order valence-corrected chi connectivity index (χ4v) is 12.4. The molecule has 10 aromatic rings. The Morgan fingerprint density at radius 2 is 1.19 bits per heavy atom. The Kier molecular flexibility index (Phi) is 18.3. The van der Waals surface area contributed by atoms with Crippen LogP contribution in [0.2, 0.25) is 5.02 Å². The van der Waals surface area contributed by atoms with Crippen LogP contribution < -0.4 is 19.5 Å². The molecule has 0 aliphatic carbocycles. The number of carbonyl (C=O) groups is 1. The number of nitrogens with one attached hydrogen (secondary N) is 1. The monoisotopic (exact) mass is 1120 g/mol. The number of nitrogens with zero attached hydrogens (tertiary/aromatic N) is 5. The number of carbonyl (C=O) groups excluding carboxylic acids is 1. The van der Waals surface area contributed by atoms with E-state index in [1.54, 1.807) is 40.2 Å². The van der Waals surface area contributed by atoms with E-state index in [9.17, 15) is 9.90 Å². The molecule has 2 N–H and O–H groups in total. The average Bonchev–Trinajstić information content (AvgIpc) is 3.89. The molecule has 16 heteroatoms. The lowest BCUT2D eigenvalue weighted by Crippen LogP contribution is -2.41. The standard InChI is InChI=1S/C64H61ClN6O7S2/c1-74-48-28-23-45(24-29-48)64(44-21-13-7-14-22-44,46-25-30-49(75-2)31-26-46)78-40-56(77-4)55(72)39-71-61-58(60(66-41-67-61)70-62(73)57(42-17-9-5-10-18-42)43-19-11-6-12-20-43)69-63(71)80-36-16-8-15-35-79-59-51-33-27-47(65)37-53(51)68-54-38-50(76-3)32-34-52(54)59/h5-7,9-14,17-34,37-38,41,55-57,72H,8,15-16,35-36,39-40H2,1-4H3,(H,66,67,70,73). The minimum absolute atomic E-state index is 0.0264. The van der Waals surface area contributed by atoms with Gasteiger partial charge in [0.1, 0.15) is 41.4 Å². The highest BCUT2D eigenvalue weighted by molar-refractivity contribution is 7.99. The van der Waals surface area contributed by atoms with Gasteiger partial charge in [-0.1, -0.05) is 151 Å². The van der Waals surface area contributed by atoms with Gasteiger partial charge in [-0.15, -0.1) is 11.8 Å². The Morgan fingerprint density at radius 1 is 0.637 bits per heavy atom. The fraction of sp³-hybridized carbons (Fsp3) is 0.234. The number of hydrogen-bond acceptors (Lipinski definition) is 13. The van der Waals surface area contributed by atoms with Crippen LogP contribution in [0, 0.1) is 0 Å². The third kappa shape index (κ3) is 12.3. The predicted octanol–water partition coefficient (Wildman–Crippen LogP) is 13.4. The van der Waals surface area contributed by atoms with Crippen molar-refractivity contribution in [2.45, 2.75) is 59.6 Å². The number of pyridine rings is 1. The van der Waals surface area contributed by atoms with Crippen molar-refractivity contribution in [3.05, 3.63) is 215 Å². The number of thioether (sulfide) groups is 2. The van der Waals surface area contributed by atoms with Gasteiger partial charge in [-0.05, 0) is 94.9 Å². The Morgan fingerprint density at radius 3 is 1.79 bits per heavy atom. The topological polar surface area (TPSA) is 152 Å². The number of benzene rings is 7. The highest BCUT2D eigenvalue weighted by Gasteiger charge is 2.40. The SMILES string of the molecule is COc1ccc(C(OCC(OC)C(O)Cn2c(SCCCCCSc3c4ccc(Cl)cc4nc4cc(OC)ccc34)nc3c(NC(=O)C(c4ccccc4)c4ccccc4)ncnc32)(c2ccccc2)c2ccc(OC)cc2)cc1. The molecule has 7 aromatic carbocycles. The van der Waals surface area contributed by atoms with Crippen LogP contribution in [0.1, 0.15) is 53.0 Å². The molecular formula is C64H61ClN6O7S2. The van der Waals surface area contributed by atoms with Crippen LogP contribution in [0.4, 0.5) is 5.82 Å². The van der Waals surface area contributed by atoms with Gasteiger partial charge in [0, 0.05) is 39.6 Å². The molecule has 2 unspecified atom stereocenters. The van der Waals surface area contributed by atoms with E-state index < -0.39 is 23.7 Å². The van der Waals surface area contributed by atoms with Gasteiger partial charge in [0.2, 0.25) is 5.91 Å². The van der Waals surface area contributed by atoms with E-state index in [1.165, 1.54) is 11.2 Å². The molecule has 0 bridgehead atoms. The summed E-state index contributed by atoms with van der Waals surface area (Å²) in [5.74, 6) is 3.14. The van der Waals surface area contributed by atoms with E-state index >= 15 is 0 Å². The van der Waals surface area contributed by atoms with Crippen molar-refractivity contribution in [3.8, 4) is 17.2 Å². The second-order valence-corrected chi connectivity index (χ2v) is 21.6. The maximum atomic E-state index is 14.5. The van der Waals surface area contributed by atoms with Crippen molar-refractivity contribution in [3.63, 3.8) is 0 Å². The molecule has 0 spiro atoms. The Hall–Kier alpha value is -7.50. The summed E-state index contributed by atoms with van der Waals surface area (Å²) in [6, 6.07) is 56.8. The first-order chi connectivity index (χ1) is 39.2. The fourth-order valence-electron chi connectivity index (χ4n) is 10.0. The molecule has 13 nitrogen and oxygen atoms in total. The van der Waals surface area contributed by atoms with Crippen molar-refractivity contribution in [1.82, 2.24) is 24.5 Å². The number of aliphatic hydroxyl groups excluding tert-OH is 1. The third-order valence-electron chi connectivity index (χ3n) is 14.2. The van der Waals surface area contributed by atoms with Crippen LogP contribution in [-0.2, 0) is 26.4 Å². The lowest BCUT2D eigenvalue weighted by atomic mass is 9.80. The number of unbranched alkanes of at least 4 members (excludes halogenated alkanes) is 2. The number of aliphatic hydroxyl groups is 1. The van der Waals surface area contributed by atoms with Gasteiger partial charge in [0.15, 0.2) is 22.1 Å². The van der Waals surface area contributed by atoms with E-state index in [-0.39, 0.29) is 24.9 Å². The molecule has 0 radical (unpaired) electrons. The summed E-state index contributed by atoms with van der Waals surface area (Å²) in [6.45, 7) is 0.00808. The minimum Gasteiger partial charge on any atom is -0.497 e. The molecule has 1 amide bonds. The first-order valence-corrected chi connectivity index (χ1v) is 28.7. The molecule has 3 aromatic heterocycles. The average molecular weight is 1130 g/mol. The van der Waals surface area contributed by atoms with Gasteiger partial charge in [0.05, 0.1) is 51.4 Å². The number of hydrogen-bond donors (Lipinski definition) is 2. The Bertz CT molecular complexity index is 3590. The number of halogens is 1.